The molecule has 7 heteroatoms. The summed E-state index contributed by atoms with van der Waals surface area (Å²) in [5.41, 5.74) is -0.145. The summed E-state index contributed by atoms with van der Waals surface area (Å²) >= 11 is 11.6. The van der Waals surface area contributed by atoms with Crippen molar-refractivity contribution >= 4 is 34.9 Å². The molecule has 0 unspecified atom stereocenters. The number of rotatable bonds is 4. The van der Waals surface area contributed by atoms with Crippen LogP contribution in [0.1, 0.15) is 6.42 Å². The summed E-state index contributed by atoms with van der Waals surface area (Å²) in [6.07, 6.45) is 3.15. The number of hydrogen-bond acceptors (Lipinski definition) is 3. The van der Waals surface area contributed by atoms with Gasteiger partial charge in [0.2, 0.25) is 5.91 Å². The van der Waals surface area contributed by atoms with Gasteiger partial charge >= 0.3 is 0 Å². The maximum absolute atomic E-state index is 11.8. The summed E-state index contributed by atoms with van der Waals surface area (Å²) in [5, 5.41) is 3.23. The Morgan fingerprint density at radius 2 is 2.10 bits per heavy atom. The van der Waals surface area contributed by atoms with Gasteiger partial charge in [-0.1, -0.05) is 29.3 Å². The Morgan fingerprint density at radius 1 is 1.30 bits per heavy atom. The molecule has 0 saturated heterocycles. The normalized spacial score (nSPS) is 10.3. The minimum absolute atomic E-state index is 0.145. The van der Waals surface area contributed by atoms with Crippen LogP contribution in [0.2, 0.25) is 10.0 Å². The number of anilines is 1. The zero-order chi connectivity index (χ0) is 14.5. The van der Waals surface area contributed by atoms with Gasteiger partial charge in [-0.25, -0.2) is 4.98 Å². The molecule has 2 heterocycles. The Morgan fingerprint density at radius 3 is 2.80 bits per heavy atom. The lowest BCUT2D eigenvalue weighted by Gasteiger charge is -2.06. The van der Waals surface area contributed by atoms with E-state index in [0.717, 1.165) is 0 Å². The molecule has 0 aromatic carbocycles. The van der Waals surface area contributed by atoms with Crippen LogP contribution in [0.25, 0.3) is 0 Å². The second-order valence-electron chi connectivity index (χ2n) is 4.01. The molecule has 20 heavy (non-hydrogen) atoms. The van der Waals surface area contributed by atoms with Crippen LogP contribution in [0.5, 0.6) is 0 Å². The van der Waals surface area contributed by atoms with Gasteiger partial charge < -0.3 is 9.88 Å². The number of aryl methyl sites for hydroxylation is 1. The number of carbonyl (C=O) groups is 1. The lowest BCUT2D eigenvalue weighted by Crippen LogP contribution is -2.22. The summed E-state index contributed by atoms with van der Waals surface area (Å²) in [4.78, 5) is 27.1. The molecule has 2 rings (SSSR count). The fraction of sp³-hybridized carbons (Fsp3) is 0.154. The van der Waals surface area contributed by atoms with E-state index in [1.807, 2.05) is 0 Å². The van der Waals surface area contributed by atoms with Crippen LogP contribution in [-0.2, 0) is 11.3 Å². The van der Waals surface area contributed by atoms with Crippen LogP contribution < -0.4 is 10.9 Å². The van der Waals surface area contributed by atoms with E-state index in [-0.39, 0.29) is 17.9 Å². The first-order valence-electron chi connectivity index (χ1n) is 5.82. The van der Waals surface area contributed by atoms with Gasteiger partial charge in [0.25, 0.3) is 5.56 Å². The van der Waals surface area contributed by atoms with E-state index >= 15 is 0 Å². The largest absolute Gasteiger partial charge is 0.315 e. The zero-order valence-electron chi connectivity index (χ0n) is 10.3. The van der Waals surface area contributed by atoms with Crippen LogP contribution in [0.15, 0.2) is 41.5 Å². The van der Waals surface area contributed by atoms with E-state index in [1.54, 1.807) is 18.3 Å². The third kappa shape index (κ3) is 3.82. The summed E-state index contributed by atoms with van der Waals surface area (Å²) in [6.45, 7) is 0.298. The average Bonchev–Trinajstić information content (AvgIpc) is 2.42. The van der Waals surface area contributed by atoms with Gasteiger partial charge in [0, 0.05) is 37.5 Å². The van der Waals surface area contributed by atoms with Crippen LogP contribution in [0, 0.1) is 0 Å². The lowest BCUT2D eigenvalue weighted by molar-refractivity contribution is -0.116. The van der Waals surface area contributed by atoms with Gasteiger partial charge in [0.15, 0.2) is 0 Å². The molecule has 0 aliphatic carbocycles. The Bertz CT molecular complexity index is 685. The minimum atomic E-state index is -0.258. The molecule has 2 aromatic heterocycles. The third-order valence-electron chi connectivity index (χ3n) is 2.55. The summed E-state index contributed by atoms with van der Waals surface area (Å²) < 4.78 is 1.46. The highest BCUT2D eigenvalue weighted by molar-refractivity contribution is 6.42. The third-order valence-corrected chi connectivity index (χ3v) is 3.27. The number of amides is 1. The first-order chi connectivity index (χ1) is 9.56. The SMILES string of the molecule is O=C(CCn1ccccc1=O)Nc1cc(Cl)c(Cl)cn1. The van der Waals surface area contributed by atoms with Gasteiger partial charge in [0.1, 0.15) is 5.82 Å². The quantitative estimate of drug-likeness (QED) is 0.944. The van der Waals surface area contributed by atoms with E-state index < -0.39 is 0 Å². The van der Waals surface area contributed by atoms with Gasteiger partial charge in [-0.2, -0.15) is 0 Å². The molecule has 0 spiro atoms. The van der Waals surface area contributed by atoms with Gasteiger partial charge in [-0.15, -0.1) is 0 Å². The molecular weight excluding hydrogens is 301 g/mol. The van der Waals surface area contributed by atoms with Gasteiger partial charge in [-0.3, -0.25) is 9.59 Å². The highest BCUT2D eigenvalue weighted by Gasteiger charge is 2.06. The molecular formula is C13H11Cl2N3O2. The molecule has 0 bridgehead atoms. The van der Waals surface area contributed by atoms with Crippen molar-refractivity contribution in [2.45, 2.75) is 13.0 Å². The van der Waals surface area contributed by atoms with E-state index in [0.29, 0.717) is 22.4 Å². The fourth-order valence-corrected chi connectivity index (χ4v) is 1.81. The van der Waals surface area contributed by atoms with Crippen molar-refractivity contribution in [2.24, 2.45) is 0 Å². The molecule has 1 N–H and O–H groups in total. The van der Waals surface area contributed by atoms with Gasteiger partial charge in [-0.05, 0) is 6.07 Å². The highest BCUT2D eigenvalue weighted by Crippen LogP contribution is 2.22. The van der Waals surface area contributed by atoms with Crippen LogP contribution >= 0.6 is 23.2 Å². The predicted octanol–water partition coefficient (Wildman–Crippen LogP) is 2.58. The number of pyridine rings is 2. The molecule has 0 radical (unpaired) electrons. The zero-order valence-corrected chi connectivity index (χ0v) is 11.9. The van der Waals surface area contributed by atoms with Gasteiger partial charge in [0.05, 0.1) is 10.0 Å². The number of nitrogens with zero attached hydrogens (tertiary/aromatic N) is 2. The Hall–Kier alpha value is -1.85. The number of hydrogen-bond donors (Lipinski definition) is 1. The monoisotopic (exact) mass is 311 g/mol. The molecule has 0 aliphatic heterocycles. The molecule has 1 amide bonds. The van der Waals surface area contributed by atoms with Crippen molar-refractivity contribution < 1.29 is 4.79 Å². The lowest BCUT2D eigenvalue weighted by atomic mass is 10.3. The fourth-order valence-electron chi connectivity index (χ4n) is 1.56. The number of carbonyl (C=O) groups excluding carboxylic acids is 1. The first kappa shape index (κ1) is 14.6. The van der Waals surface area contributed by atoms with Crippen molar-refractivity contribution in [3.05, 3.63) is 57.1 Å². The van der Waals surface area contributed by atoms with Crippen molar-refractivity contribution in [1.82, 2.24) is 9.55 Å². The average molecular weight is 312 g/mol. The molecule has 5 nitrogen and oxygen atoms in total. The summed E-state index contributed by atoms with van der Waals surface area (Å²) in [7, 11) is 0. The topological polar surface area (TPSA) is 64.0 Å². The maximum Gasteiger partial charge on any atom is 0.250 e. The molecule has 0 saturated carbocycles. The van der Waals surface area contributed by atoms with E-state index in [2.05, 4.69) is 10.3 Å². The molecule has 0 aliphatic rings. The van der Waals surface area contributed by atoms with Crippen LogP contribution in [-0.4, -0.2) is 15.5 Å². The Kier molecular flexibility index (Phi) is 4.76. The smallest absolute Gasteiger partial charge is 0.250 e. The Labute approximate surface area is 125 Å². The van der Waals surface area contributed by atoms with Crippen molar-refractivity contribution in [3.8, 4) is 0 Å². The molecule has 2 aromatic rings. The second-order valence-corrected chi connectivity index (χ2v) is 4.83. The number of halogens is 2. The first-order valence-corrected chi connectivity index (χ1v) is 6.58. The number of nitrogens with one attached hydrogen (secondary N) is 1. The molecule has 0 fully saturated rings. The summed E-state index contributed by atoms with van der Waals surface area (Å²) in [5.74, 6) is 0.0662. The standard InChI is InChI=1S/C13H11Cl2N3O2/c14-9-7-11(16-8-10(9)15)17-12(19)4-6-18-5-2-1-3-13(18)20/h1-3,5,7-8H,4,6H2,(H,16,17,19). The highest BCUT2D eigenvalue weighted by atomic mass is 35.5. The van der Waals surface area contributed by atoms with Crippen molar-refractivity contribution in [3.63, 3.8) is 0 Å². The molecule has 104 valence electrons. The van der Waals surface area contributed by atoms with Crippen molar-refractivity contribution in [1.29, 1.82) is 0 Å². The van der Waals surface area contributed by atoms with Crippen LogP contribution in [0.3, 0.4) is 0 Å². The molecule has 0 atom stereocenters. The Balaban J connectivity index is 1.94. The maximum atomic E-state index is 11.8. The predicted molar refractivity (Wildman–Crippen MR) is 78.2 cm³/mol. The summed E-state index contributed by atoms with van der Waals surface area (Å²) in [6, 6.07) is 6.30. The van der Waals surface area contributed by atoms with Crippen LogP contribution in [0.4, 0.5) is 5.82 Å². The number of aromatic nitrogens is 2. The van der Waals surface area contributed by atoms with E-state index in [9.17, 15) is 9.59 Å². The van der Waals surface area contributed by atoms with E-state index in [4.69, 9.17) is 23.2 Å². The second kappa shape index (κ2) is 6.54. The van der Waals surface area contributed by atoms with Crippen molar-refractivity contribution in [2.75, 3.05) is 5.32 Å². The minimum Gasteiger partial charge on any atom is -0.315 e. The van der Waals surface area contributed by atoms with E-state index in [1.165, 1.54) is 22.9 Å².